The molecule has 0 spiro atoms. The van der Waals surface area contributed by atoms with Crippen molar-refractivity contribution in [2.45, 2.75) is 52.4 Å². The van der Waals surface area contributed by atoms with E-state index >= 15 is 0 Å². The maximum Gasteiger partial charge on any atom is 0.139 e. The van der Waals surface area contributed by atoms with Crippen LogP contribution in [0.2, 0.25) is 0 Å². The summed E-state index contributed by atoms with van der Waals surface area (Å²) >= 11 is 0. The van der Waals surface area contributed by atoms with Gasteiger partial charge in [-0.2, -0.15) is 0 Å². The number of fused-ring (bicyclic) bond motifs is 1. The van der Waals surface area contributed by atoms with Gasteiger partial charge in [-0.3, -0.25) is 4.79 Å². The van der Waals surface area contributed by atoms with E-state index in [2.05, 4.69) is 13.8 Å². The largest absolute Gasteiger partial charge is 0.299 e. The summed E-state index contributed by atoms with van der Waals surface area (Å²) in [7, 11) is 0. The molecule has 0 aromatic heterocycles. The first-order chi connectivity index (χ1) is 5.65. The second-order valence-corrected chi connectivity index (χ2v) is 4.82. The van der Waals surface area contributed by atoms with Gasteiger partial charge in [-0.05, 0) is 24.7 Å². The molecule has 2 saturated carbocycles. The minimum absolute atomic E-state index is 0.127. The van der Waals surface area contributed by atoms with E-state index < -0.39 is 0 Å². The first-order valence-corrected chi connectivity index (χ1v) is 5.18. The van der Waals surface area contributed by atoms with Crippen molar-refractivity contribution in [2.24, 2.45) is 10.8 Å². The Morgan fingerprint density at radius 3 is 2.67 bits per heavy atom. The van der Waals surface area contributed by atoms with E-state index in [1.54, 1.807) is 0 Å². The molecule has 68 valence electrons. The highest BCUT2D eigenvalue weighted by molar-refractivity contribution is 5.91. The molecule has 0 saturated heterocycles. The van der Waals surface area contributed by atoms with Gasteiger partial charge in [-0.25, -0.2) is 0 Å². The van der Waals surface area contributed by atoms with Gasteiger partial charge in [0.25, 0.3) is 0 Å². The van der Waals surface area contributed by atoms with Gasteiger partial charge in [0.1, 0.15) is 5.78 Å². The van der Waals surface area contributed by atoms with E-state index in [4.69, 9.17) is 0 Å². The molecule has 1 nitrogen and oxygen atoms in total. The lowest BCUT2D eigenvalue weighted by molar-refractivity contribution is -0.122. The Hall–Kier alpha value is -0.330. The summed E-state index contributed by atoms with van der Waals surface area (Å²) in [5.74, 6) is 0.540. The van der Waals surface area contributed by atoms with Crippen molar-refractivity contribution >= 4 is 5.78 Å². The smallest absolute Gasteiger partial charge is 0.139 e. The van der Waals surface area contributed by atoms with Gasteiger partial charge in [0, 0.05) is 11.8 Å². The zero-order valence-electron chi connectivity index (χ0n) is 8.15. The summed E-state index contributed by atoms with van der Waals surface area (Å²) in [6, 6.07) is 0. The summed E-state index contributed by atoms with van der Waals surface area (Å²) in [4.78, 5) is 11.5. The summed E-state index contributed by atoms with van der Waals surface area (Å²) in [5, 5.41) is 0. The monoisotopic (exact) mass is 166 g/mol. The first-order valence-electron chi connectivity index (χ1n) is 5.18. The normalized spacial score (nSPS) is 44.7. The van der Waals surface area contributed by atoms with Gasteiger partial charge in [0.15, 0.2) is 0 Å². The number of ketones is 1. The van der Waals surface area contributed by atoms with Crippen LogP contribution in [-0.4, -0.2) is 5.78 Å². The van der Waals surface area contributed by atoms with E-state index in [1.807, 2.05) is 0 Å². The molecule has 2 aliphatic rings. The van der Waals surface area contributed by atoms with Crippen LogP contribution in [0.25, 0.3) is 0 Å². The van der Waals surface area contributed by atoms with Crippen molar-refractivity contribution in [1.29, 1.82) is 0 Å². The lowest BCUT2D eigenvalue weighted by Gasteiger charge is -2.12. The molecular formula is C11H18O. The van der Waals surface area contributed by atoms with Crippen LogP contribution in [0.15, 0.2) is 0 Å². The van der Waals surface area contributed by atoms with Crippen LogP contribution in [0.3, 0.4) is 0 Å². The molecule has 2 rings (SSSR count). The number of Topliss-reactive ketones (excluding diaryl/α,β-unsaturated/α-hetero) is 1. The second-order valence-electron chi connectivity index (χ2n) is 4.82. The van der Waals surface area contributed by atoms with Crippen molar-refractivity contribution < 1.29 is 4.79 Å². The van der Waals surface area contributed by atoms with Crippen molar-refractivity contribution in [3.05, 3.63) is 0 Å². The Morgan fingerprint density at radius 1 is 1.50 bits per heavy atom. The van der Waals surface area contributed by atoms with Crippen molar-refractivity contribution in [1.82, 2.24) is 0 Å². The molecule has 2 atom stereocenters. The lowest BCUT2D eigenvalue weighted by Crippen LogP contribution is -2.10. The minimum atomic E-state index is 0.127. The predicted octanol–water partition coefficient (Wildman–Crippen LogP) is 2.94. The molecule has 0 aromatic carbocycles. The number of carbonyl (C=O) groups is 1. The van der Waals surface area contributed by atoms with Gasteiger partial charge in [0.05, 0.1) is 0 Å². The van der Waals surface area contributed by atoms with E-state index in [0.29, 0.717) is 11.2 Å². The van der Waals surface area contributed by atoms with Crippen LogP contribution in [0.4, 0.5) is 0 Å². The molecule has 0 aliphatic heterocycles. The summed E-state index contributed by atoms with van der Waals surface area (Å²) in [5.41, 5.74) is 0.599. The standard InChI is InChI=1S/C11H18O/c1-3-4-6-11-7-5-9(12)10(11,2)8-11/h3-8H2,1-2H3. The zero-order chi connectivity index (χ0) is 8.82. The molecule has 1 heteroatoms. The Balaban J connectivity index is 2.03. The van der Waals surface area contributed by atoms with Crippen molar-refractivity contribution in [3.63, 3.8) is 0 Å². The fourth-order valence-corrected chi connectivity index (χ4v) is 3.02. The maximum atomic E-state index is 11.5. The molecular weight excluding hydrogens is 148 g/mol. The Kier molecular flexibility index (Phi) is 1.61. The van der Waals surface area contributed by atoms with Crippen LogP contribution >= 0.6 is 0 Å². The zero-order valence-corrected chi connectivity index (χ0v) is 8.15. The van der Waals surface area contributed by atoms with Crippen LogP contribution in [-0.2, 0) is 4.79 Å². The maximum absolute atomic E-state index is 11.5. The van der Waals surface area contributed by atoms with E-state index in [9.17, 15) is 4.79 Å². The van der Waals surface area contributed by atoms with E-state index in [-0.39, 0.29) is 5.41 Å². The van der Waals surface area contributed by atoms with Crippen LogP contribution in [0.1, 0.15) is 52.4 Å². The first kappa shape index (κ1) is 8.28. The number of unbranched alkanes of at least 4 members (excludes halogenated alkanes) is 1. The number of hydrogen-bond acceptors (Lipinski definition) is 1. The molecule has 0 heterocycles. The van der Waals surface area contributed by atoms with E-state index in [0.717, 1.165) is 6.42 Å². The van der Waals surface area contributed by atoms with Crippen molar-refractivity contribution in [2.75, 3.05) is 0 Å². The topological polar surface area (TPSA) is 17.1 Å². The van der Waals surface area contributed by atoms with Gasteiger partial charge in [-0.15, -0.1) is 0 Å². The highest BCUT2D eigenvalue weighted by atomic mass is 16.1. The van der Waals surface area contributed by atoms with E-state index in [1.165, 1.54) is 32.1 Å². The predicted molar refractivity (Wildman–Crippen MR) is 48.9 cm³/mol. The Labute approximate surface area is 74.5 Å². The molecule has 0 N–H and O–H groups in total. The molecule has 0 radical (unpaired) electrons. The van der Waals surface area contributed by atoms with Gasteiger partial charge in [0.2, 0.25) is 0 Å². The van der Waals surface area contributed by atoms with Crippen molar-refractivity contribution in [3.8, 4) is 0 Å². The average Bonchev–Trinajstić information content (AvgIpc) is 2.59. The molecule has 0 aromatic rings. The third kappa shape index (κ3) is 0.826. The summed E-state index contributed by atoms with van der Waals surface area (Å²) < 4.78 is 0. The Bertz CT molecular complexity index is 217. The quantitative estimate of drug-likeness (QED) is 0.630. The minimum Gasteiger partial charge on any atom is -0.299 e. The molecule has 2 aliphatic carbocycles. The average molecular weight is 166 g/mol. The summed E-state index contributed by atoms with van der Waals surface area (Å²) in [6.45, 7) is 4.41. The van der Waals surface area contributed by atoms with Gasteiger partial charge < -0.3 is 0 Å². The SMILES string of the molecule is CCCCC12CCC(=O)C1(C)C2. The molecule has 0 bridgehead atoms. The lowest BCUT2D eigenvalue weighted by atomic mass is 9.92. The highest BCUT2D eigenvalue weighted by Crippen LogP contribution is 2.73. The third-order valence-electron chi connectivity index (χ3n) is 4.19. The highest BCUT2D eigenvalue weighted by Gasteiger charge is 2.70. The van der Waals surface area contributed by atoms with Gasteiger partial charge in [-0.1, -0.05) is 26.7 Å². The van der Waals surface area contributed by atoms with Crippen LogP contribution in [0, 0.1) is 10.8 Å². The molecule has 2 unspecified atom stereocenters. The Morgan fingerprint density at radius 2 is 2.25 bits per heavy atom. The molecule has 12 heavy (non-hydrogen) atoms. The summed E-state index contributed by atoms with van der Waals surface area (Å²) in [6.07, 6.45) is 7.11. The van der Waals surface area contributed by atoms with Crippen LogP contribution in [0.5, 0.6) is 0 Å². The van der Waals surface area contributed by atoms with Crippen LogP contribution < -0.4 is 0 Å². The third-order valence-corrected chi connectivity index (χ3v) is 4.19. The number of carbonyl (C=O) groups excluding carboxylic acids is 1. The molecule has 2 fully saturated rings. The molecule has 0 amide bonds. The number of hydrogen-bond donors (Lipinski definition) is 0. The van der Waals surface area contributed by atoms with Gasteiger partial charge >= 0.3 is 0 Å². The second kappa shape index (κ2) is 2.34. The fraction of sp³-hybridized carbons (Fsp3) is 0.909. The number of rotatable bonds is 3. The fourth-order valence-electron chi connectivity index (χ4n) is 3.02.